The van der Waals surface area contributed by atoms with Gasteiger partial charge in [0.05, 0.1) is 11.1 Å². The van der Waals surface area contributed by atoms with Gasteiger partial charge in [0.15, 0.2) is 0 Å². The van der Waals surface area contributed by atoms with Gasteiger partial charge in [-0.3, -0.25) is 4.79 Å². The molecule has 1 aromatic heterocycles. The second-order valence-electron chi connectivity index (χ2n) is 5.47. The molecule has 0 saturated heterocycles. The number of amides is 1. The zero-order valence-corrected chi connectivity index (χ0v) is 14.9. The third kappa shape index (κ3) is 4.35. The predicted molar refractivity (Wildman–Crippen MR) is 96.3 cm³/mol. The van der Waals surface area contributed by atoms with Gasteiger partial charge >= 0.3 is 0 Å². The second-order valence-corrected chi connectivity index (χ2v) is 6.31. The van der Waals surface area contributed by atoms with Gasteiger partial charge in [-0.15, -0.1) is 10.2 Å². The van der Waals surface area contributed by atoms with Gasteiger partial charge in [0, 0.05) is 10.6 Å². The number of halogens is 2. The van der Waals surface area contributed by atoms with Crippen LogP contribution in [0.15, 0.2) is 48.5 Å². The van der Waals surface area contributed by atoms with E-state index in [-0.39, 0.29) is 18.5 Å². The highest BCUT2D eigenvalue weighted by molar-refractivity contribution is 6.33. The first-order valence-corrected chi connectivity index (χ1v) is 8.36. The molecule has 0 unspecified atom stereocenters. The molecule has 1 amide bonds. The normalized spacial score (nSPS) is 12.0. The van der Waals surface area contributed by atoms with E-state index in [9.17, 15) is 4.79 Å². The summed E-state index contributed by atoms with van der Waals surface area (Å²) < 4.78 is 0. The van der Waals surface area contributed by atoms with Crippen molar-refractivity contribution in [3.63, 3.8) is 0 Å². The average Bonchev–Trinajstić information content (AvgIpc) is 3.03. The molecule has 0 saturated carbocycles. The van der Waals surface area contributed by atoms with Crippen molar-refractivity contribution in [2.24, 2.45) is 0 Å². The first-order chi connectivity index (χ1) is 12.0. The molecule has 0 bridgehead atoms. The quantitative estimate of drug-likeness (QED) is 0.740. The average molecular weight is 376 g/mol. The molecule has 0 radical (unpaired) electrons. The molecular formula is C17H15Cl2N5O. The molecule has 1 atom stereocenters. The maximum Gasteiger partial charge on any atom is 0.244 e. The fraction of sp³-hybridized carbons (Fsp3) is 0.176. The van der Waals surface area contributed by atoms with Crippen molar-refractivity contribution >= 4 is 29.1 Å². The Morgan fingerprint density at radius 2 is 2.00 bits per heavy atom. The number of benzene rings is 2. The topological polar surface area (TPSA) is 72.7 Å². The van der Waals surface area contributed by atoms with E-state index >= 15 is 0 Å². The Morgan fingerprint density at radius 3 is 2.76 bits per heavy atom. The maximum absolute atomic E-state index is 12.2. The number of tetrazole rings is 1. The van der Waals surface area contributed by atoms with Crippen LogP contribution in [0.5, 0.6) is 0 Å². The number of nitrogens with one attached hydrogen (secondary N) is 1. The molecule has 0 aliphatic carbocycles. The minimum absolute atomic E-state index is 0.0393. The van der Waals surface area contributed by atoms with Crippen LogP contribution in [0.3, 0.4) is 0 Å². The lowest BCUT2D eigenvalue weighted by molar-refractivity contribution is -0.122. The van der Waals surface area contributed by atoms with Crippen molar-refractivity contribution < 1.29 is 4.79 Å². The van der Waals surface area contributed by atoms with E-state index in [1.54, 1.807) is 18.2 Å². The van der Waals surface area contributed by atoms with Crippen molar-refractivity contribution in [1.82, 2.24) is 25.5 Å². The fourth-order valence-electron chi connectivity index (χ4n) is 2.34. The summed E-state index contributed by atoms with van der Waals surface area (Å²) in [4.78, 5) is 13.4. The van der Waals surface area contributed by atoms with Crippen LogP contribution >= 0.6 is 23.2 Å². The highest BCUT2D eigenvalue weighted by atomic mass is 35.5. The SMILES string of the molecule is C[C@H](NC(=O)Cn1nnc(-c2ccccc2Cl)n1)c1cccc(Cl)c1. The molecule has 0 fully saturated rings. The molecule has 2 aromatic carbocycles. The molecule has 1 heterocycles. The smallest absolute Gasteiger partial charge is 0.244 e. The van der Waals surface area contributed by atoms with Gasteiger partial charge in [0.1, 0.15) is 6.54 Å². The monoisotopic (exact) mass is 375 g/mol. The zero-order chi connectivity index (χ0) is 17.8. The lowest BCUT2D eigenvalue weighted by Gasteiger charge is -2.14. The van der Waals surface area contributed by atoms with Gasteiger partial charge in [-0.25, -0.2) is 0 Å². The summed E-state index contributed by atoms with van der Waals surface area (Å²) in [7, 11) is 0. The molecule has 0 aliphatic heterocycles. The first-order valence-electron chi connectivity index (χ1n) is 7.60. The molecule has 25 heavy (non-hydrogen) atoms. The van der Waals surface area contributed by atoms with Crippen LogP contribution in [0.4, 0.5) is 0 Å². The van der Waals surface area contributed by atoms with Crippen molar-refractivity contribution in [2.75, 3.05) is 0 Å². The minimum atomic E-state index is -0.226. The molecule has 1 N–H and O–H groups in total. The highest BCUT2D eigenvalue weighted by Crippen LogP contribution is 2.23. The Labute approximate surface area is 154 Å². The summed E-state index contributed by atoms with van der Waals surface area (Å²) in [5.74, 6) is 0.150. The highest BCUT2D eigenvalue weighted by Gasteiger charge is 2.14. The lowest BCUT2D eigenvalue weighted by Crippen LogP contribution is -2.30. The summed E-state index contributed by atoms with van der Waals surface area (Å²) in [5, 5.41) is 16.1. The van der Waals surface area contributed by atoms with E-state index in [2.05, 4.69) is 20.7 Å². The van der Waals surface area contributed by atoms with Crippen LogP contribution in [0.2, 0.25) is 10.0 Å². The van der Waals surface area contributed by atoms with E-state index in [4.69, 9.17) is 23.2 Å². The Morgan fingerprint density at radius 1 is 1.20 bits per heavy atom. The van der Waals surface area contributed by atoms with E-state index in [0.717, 1.165) is 5.56 Å². The summed E-state index contributed by atoms with van der Waals surface area (Å²) in [6.07, 6.45) is 0. The molecule has 128 valence electrons. The van der Waals surface area contributed by atoms with Crippen molar-refractivity contribution in [1.29, 1.82) is 0 Å². The molecule has 3 aromatic rings. The molecule has 8 heteroatoms. The van der Waals surface area contributed by atoms with E-state index in [1.165, 1.54) is 4.80 Å². The van der Waals surface area contributed by atoms with Gasteiger partial charge in [-0.2, -0.15) is 4.80 Å². The van der Waals surface area contributed by atoms with Gasteiger partial charge in [-0.1, -0.05) is 47.5 Å². The number of carbonyl (C=O) groups is 1. The van der Waals surface area contributed by atoms with Crippen LogP contribution < -0.4 is 5.32 Å². The summed E-state index contributed by atoms with van der Waals surface area (Å²) >= 11 is 12.1. The lowest BCUT2D eigenvalue weighted by atomic mass is 10.1. The largest absolute Gasteiger partial charge is 0.348 e. The van der Waals surface area contributed by atoms with Crippen LogP contribution in [-0.2, 0) is 11.3 Å². The Hall–Kier alpha value is -2.44. The number of hydrogen-bond acceptors (Lipinski definition) is 4. The molecular weight excluding hydrogens is 361 g/mol. The molecule has 3 rings (SSSR count). The van der Waals surface area contributed by atoms with Crippen LogP contribution in [0.25, 0.3) is 11.4 Å². The summed E-state index contributed by atoms with van der Waals surface area (Å²) in [5.41, 5.74) is 1.59. The van der Waals surface area contributed by atoms with Gasteiger partial charge < -0.3 is 5.32 Å². The van der Waals surface area contributed by atoms with Crippen LogP contribution in [-0.4, -0.2) is 26.1 Å². The van der Waals surface area contributed by atoms with Crippen molar-refractivity contribution in [3.8, 4) is 11.4 Å². The number of rotatable bonds is 5. The standard InChI is InChI=1S/C17H15Cl2N5O/c1-11(12-5-4-6-13(18)9-12)20-16(25)10-24-22-17(21-23-24)14-7-2-3-8-15(14)19/h2-9,11H,10H2,1H3,(H,20,25)/t11-/m0/s1. The van der Waals surface area contributed by atoms with Gasteiger partial charge in [-0.05, 0) is 42.0 Å². The second kappa shape index (κ2) is 7.63. The minimum Gasteiger partial charge on any atom is -0.348 e. The maximum atomic E-state index is 12.2. The van der Waals surface area contributed by atoms with Gasteiger partial charge in [0.2, 0.25) is 11.7 Å². The third-order valence-electron chi connectivity index (χ3n) is 3.58. The molecule has 6 nitrogen and oxygen atoms in total. The molecule has 0 spiro atoms. The third-order valence-corrected chi connectivity index (χ3v) is 4.14. The Bertz CT molecular complexity index is 896. The number of carbonyl (C=O) groups excluding carboxylic acids is 1. The van der Waals surface area contributed by atoms with Crippen LogP contribution in [0.1, 0.15) is 18.5 Å². The van der Waals surface area contributed by atoms with E-state index in [0.29, 0.717) is 21.4 Å². The number of aromatic nitrogens is 4. The van der Waals surface area contributed by atoms with E-state index in [1.807, 2.05) is 37.3 Å². The Balaban J connectivity index is 1.65. The van der Waals surface area contributed by atoms with Crippen LogP contribution in [0, 0.1) is 0 Å². The fourth-order valence-corrected chi connectivity index (χ4v) is 2.75. The van der Waals surface area contributed by atoms with Gasteiger partial charge in [0.25, 0.3) is 0 Å². The Kier molecular flexibility index (Phi) is 5.31. The summed E-state index contributed by atoms with van der Waals surface area (Å²) in [6, 6.07) is 14.4. The zero-order valence-electron chi connectivity index (χ0n) is 13.4. The summed E-state index contributed by atoms with van der Waals surface area (Å²) in [6.45, 7) is 1.84. The van der Waals surface area contributed by atoms with E-state index < -0.39 is 0 Å². The van der Waals surface area contributed by atoms with Crippen molar-refractivity contribution in [2.45, 2.75) is 19.5 Å². The predicted octanol–water partition coefficient (Wildman–Crippen LogP) is 3.52. The van der Waals surface area contributed by atoms with Crippen molar-refractivity contribution in [3.05, 3.63) is 64.1 Å². The number of nitrogens with zero attached hydrogens (tertiary/aromatic N) is 4. The number of hydrogen-bond donors (Lipinski definition) is 1. The molecule has 0 aliphatic rings. The first kappa shape index (κ1) is 17.4.